The van der Waals surface area contributed by atoms with E-state index in [0.717, 1.165) is 16.7 Å². The maximum Gasteiger partial charge on any atom is 0.409 e. The summed E-state index contributed by atoms with van der Waals surface area (Å²) in [5, 5.41) is 0. The van der Waals surface area contributed by atoms with Gasteiger partial charge in [-0.1, -0.05) is 0 Å². The molecule has 0 radical (unpaired) electrons. The minimum atomic E-state index is -0.235. The van der Waals surface area contributed by atoms with Gasteiger partial charge in [-0.15, -0.1) is 0 Å². The van der Waals surface area contributed by atoms with Crippen molar-refractivity contribution in [3.63, 3.8) is 0 Å². The molecule has 1 aliphatic rings. The summed E-state index contributed by atoms with van der Waals surface area (Å²) in [5.41, 5.74) is 2.93. The van der Waals surface area contributed by atoms with Crippen LogP contribution >= 0.6 is 0 Å². The Morgan fingerprint density at radius 3 is 3.00 bits per heavy atom. The second-order valence-corrected chi connectivity index (χ2v) is 4.72. The number of fused-ring (bicyclic) bond motifs is 1. The molecule has 2 aromatic rings. The van der Waals surface area contributed by atoms with Crippen LogP contribution in [0.15, 0.2) is 18.6 Å². The number of carbonyl (C=O) groups excluding carboxylic acids is 1. The summed E-state index contributed by atoms with van der Waals surface area (Å²) >= 11 is 0. The first-order chi connectivity index (χ1) is 9.19. The van der Waals surface area contributed by atoms with Crippen LogP contribution in [-0.4, -0.2) is 45.2 Å². The molecule has 0 aromatic carbocycles. The normalized spacial score (nSPS) is 15.6. The number of pyridine rings is 1. The van der Waals surface area contributed by atoms with Crippen molar-refractivity contribution in [2.75, 3.05) is 19.7 Å². The molecule has 0 unspecified atom stereocenters. The lowest BCUT2D eigenvalue weighted by Crippen LogP contribution is -2.50. The highest BCUT2D eigenvalue weighted by atomic mass is 16.6. The predicted molar refractivity (Wildman–Crippen MR) is 69.9 cm³/mol. The first-order valence-corrected chi connectivity index (χ1v) is 6.40. The summed E-state index contributed by atoms with van der Waals surface area (Å²) in [6, 6.07) is 2.30. The minimum absolute atomic E-state index is 0.235. The van der Waals surface area contributed by atoms with Gasteiger partial charge in [0.05, 0.1) is 30.7 Å². The minimum Gasteiger partial charge on any atom is -0.450 e. The SMILES string of the molecule is CCOC(=O)N1CC(n2cnc3cnc(C)cc32)C1. The number of hydrogen-bond acceptors (Lipinski definition) is 4. The van der Waals surface area contributed by atoms with E-state index in [9.17, 15) is 4.79 Å². The van der Waals surface area contributed by atoms with Gasteiger partial charge in [-0.05, 0) is 19.9 Å². The van der Waals surface area contributed by atoms with Crippen molar-refractivity contribution < 1.29 is 9.53 Å². The van der Waals surface area contributed by atoms with Crippen LogP contribution in [0.25, 0.3) is 11.0 Å². The molecule has 6 nitrogen and oxygen atoms in total. The fourth-order valence-electron chi connectivity index (χ4n) is 2.32. The Morgan fingerprint density at radius 1 is 1.47 bits per heavy atom. The summed E-state index contributed by atoms with van der Waals surface area (Å²) in [6.07, 6.45) is 3.36. The van der Waals surface area contributed by atoms with Crippen molar-refractivity contribution in [1.82, 2.24) is 19.4 Å². The number of carbonyl (C=O) groups is 1. The average molecular weight is 260 g/mol. The molecule has 6 heteroatoms. The summed E-state index contributed by atoms with van der Waals surface area (Å²) < 4.78 is 7.08. The number of rotatable bonds is 2. The van der Waals surface area contributed by atoms with E-state index in [1.807, 2.05) is 26.2 Å². The maximum atomic E-state index is 11.5. The zero-order valence-electron chi connectivity index (χ0n) is 11.0. The fraction of sp³-hybridized carbons (Fsp3) is 0.462. The molecule has 1 amide bonds. The highest BCUT2D eigenvalue weighted by Gasteiger charge is 2.33. The van der Waals surface area contributed by atoms with E-state index >= 15 is 0 Å². The molecular weight excluding hydrogens is 244 g/mol. The summed E-state index contributed by atoms with van der Waals surface area (Å²) in [5.74, 6) is 0. The number of aryl methyl sites for hydroxylation is 1. The van der Waals surface area contributed by atoms with Gasteiger partial charge in [0.25, 0.3) is 0 Å². The fourth-order valence-corrected chi connectivity index (χ4v) is 2.32. The molecule has 3 rings (SSSR count). The highest BCUT2D eigenvalue weighted by Crippen LogP contribution is 2.26. The molecule has 1 aliphatic heterocycles. The predicted octanol–water partition coefficient (Wildman–Crippen LogP) is 1.75. The first-order valence-electron chi connectivity index (χ1n) is 6.40. The molecule has 19 heavy (non-hydrogen) atoms. The summed E-state index contributed by atoms with van der Waals surface area (Å²) in [7, 11) is 0. The molecule has 0 spiro atoms. The van der Waals surface area contributed by atoms with Gasteiger partial charge in [0.15, 0.2) is 0 Å². The largest absolute Gasteiger partial charge is 0.450 e. The second kappa shape index (κ2) is 4.53. The van der Waals surface area contributed by atoms with Gasteiger partial charge in [-0.25, -0.2) is 9.78 Å². The summed E-state index contributed by atoms with van der Waals surface area (Å²) in [4.78, 5) is 21.8. The third-order valence-corrected chi connectivity index (χ3v) is 3.38. The molecule has 0 aliphatic carbocycles. The van der Waals surface area contributed by atoms with Crippen LogP contribution in [0.2, 0.25) is 0 Å². The molecule has 0 N–H and O–H groups in total. The van der Waals surface area contributed by atoms with Crippen LogP contribution in [-0.2, 0) is 4.74 Å². The van der Waals surface area contributed by atoms with Crippen LogP contribution in [0.1, 0.15) is 18.7 Å². The third-order valence-electron chi connectivity index (χ3n) is 3.38. The van der Waals surface area contributed by atoms with E-state index in [1.165, 1.54) is 0 Å². The number of hydrogen-bond donors (Lipinski definition) is 0. The lowest BCUT2D eigenvalue weighted by molar-refractivity contribution is 0.0612. The number of nitrogens with zero attached hydrogens (tertiary/aromatic N) is 4. The Hall–Kier alpha value is -2.11. The zero-order chi connectivity index (χ0) is 13.4. The Labute approximate surface area is 111 Å². The number of likely N-dealkylation sites (tertiary alicyclic amines) is 1. The Morgan fingerprint density at radius 2 is 2.26 bits per heavy atom. The standard InChI is InChI=1S/C13H16N4O2/c1-3-19-13(18)16-6-10(7-16)17-8-15-11-5-14-9(2)4-12(11)17/h4-5,8,10H,3,6-7H2,1-2H3. The monoisotopic (exact) mass is 260 g/mol. The zero-order valence-corrected chi connectivity index (χ0v) is 11.0. The highest BCUT2D eigenvalue weighted by molar-refractivity contribution is 5.75. The smallest absolute Gasteiger partial charge is 0.409 e. The molecule has 2 aromatic heterocycles. The molecule has 3 heterocycles. The van der Waals surface area contributed by atoms with Gasteiger partial charge in [-0.3, -0.25) is 4.98 Å². The lowest BCUT2D eigenvalue weighted by Gasteiger charge is -2.39. The lowest BCUT2D eigenvalue weighted by atomic mass is 10.1. The second-order valence-electron chi connectivity index (χ2n) is 4.72. The van der Waals surface area contributed by atoms with E-state index in [4.69, 9.17) is 4.74 Å². The number of imidazole rings is 1. The molecule has 100 valence electrons. The van der Waals surface area contributed by atoms with E-state index in [-0.39, 0.29) is 12.1 Å². The quantitative estimate of drug-likeness (QED) is 0.825. The van der Waals surface area contributed by atoms with Crippen LogP contribution in [0.4, 0.5) is 4.79 Å². The first kappa shape index (κ1) is 12.0. The number of amides is 1. The van der Waals surface area contributed by atoms with Crippen molar-refractivity contribution in [2.24, 2.45) is 0 Å². The number of aromatic nitrogens is 3. The third kappa shape index (κ3) is 2.03. The molecular formula is C13H16N4O2. The van der Waals surface area contributed by atoms with E-state index < -0.39 is 0 Å². The van der Waals surface area contributed by atoms with Crippen molar-refractivity contribution >= 4 is 17.1 Å². The van der Waals surface area contributed by atoms with Crippen LogP contribution in [0, 0.1) is 6.92 Å². The van der Waals surface area contributed by atoms with Gasteiger partial charge in [0.1, 0.15) is 5.52 Å². The average Bonchev–Trinajstić information content (AvgIpc) is 2.71. The van der Waals surface area contributed by atoms with Gasteiger partial charge < -0.3 is 14.2 Å². The van der Waals surface area contributed by atoms with Crippen molar-refractivity contribution in [1.29, 1.82) is 0 Å². The van der Waals surface area contributed by atoms with Gasteiger partial charge in [-0.2, -0.15) is 0 Å². The van der Waals surface area contributed by atoms with Crippen LogP contribution in [0.5, 0.6) is 0 Å². The van der Waals surface area contributed by atoms with Gasteiger partial charge in [0, 0.05) is 18.8 Å². The van der Waals surface area contributed by atoms with E-state index in [1.54, 1.807) is 11.1 Å². The molecule has 0 bridgehead atoms. The van der Waals surface area contributed by atoms with Crippen molar-refractivity contribution in [3.8, 4) is 0 Å². The Kier molecular flexibility index (Phi) is 2.85. The van der Waals surface area contributed by atoms with Crippen LogP contribution < -0.4 is 0 Å². The molecule has 0 saturated carbocycles. The van der Waals surface area contributed by atoms with Crippen molar-refractivity contribution in [3.05, 3.63) is 24.3 Å². The van der Waals surface area contributed by atoms with E-state index in [2.05, 4.69) is 14.5 Å². The molecule has 1 saturated heterocycles. The summed E-state index contributed by atoms with van der Waals surface area (Å²) in [6.45, 7) is 5.53. The molecule has 0 atom stereocenters. The molecule has 1 fully saturated rings. The van der Waals surface area contributed by atoms with Gasteiger partial charge >= 0.3 is 6.09 Å². The van der Waals surface area contributed by atoms with Crippen molar-refractivity contribution in [2.45, 2.75) is 19.9 Å². The Bertz CT molecular complexity index is 616. The van der Waals surface area contributed by atoms with Crippen LogP contribution in [0.3, 0.4) is 0 Å². The topological polar surface area (TPSA) is 60.2 Å². The van der Waals surface area contributed by atoms with E-state index in [0.29, 0.717) is 19.7 Å². The Balaban J connectivity index is 1.77. The maximum absolute atomic E-state index is 11.5. The van der Waals surface area contributed by atoms with Gasteiger partial charge in [0.2, 0.25) is 0 Å². The number of ether oxygens (including phenoxy) is 1.